The lowest BCUT2D eigenvalue weighted by Crippen LogP contribution is -2.46. The Bertz CT molecular complexity index is 1520. The first-order valence-corrected chi connectivity index (χ1v) is 14.5. The molecule has 0 saturated carbocycles. The summed E-state index contributed by atoms with van der Waals surface area (Å²) in [6, 6.07) is 15.5. The predicted molar refractivity (Wildman–Crippen MR) is 169 cm³/mol. The van der Waals surface area contributed by atoms with Crippen LogP contribution in [0.15, 0.2) is 76.6 Å². The second kappa shape index (κ2) is 13.6. The Kier molecular flexibility index (Phi) is 10.2. The van der Waals surface area contributed by atoms with E-state index in [1.807, 2.05) is 30.3 Å². The van der Waals surface area contributed by atoms with Crippen molar-refractivity contribution >= 4 is 91.1 Å². The number of anilines is 1. The van der Waals surface area contributed by atoms with Crippen molar-refractivity contribution in [2.75, 3.05) is 12.4 Å². The number of urea groups is 1. The van der Waals surface area contributed by atoms with Crippen molar-refractivity contribution in [1.82, 2.24) is 10.4 Å². The molecule has 206 valence electrons. The van der Waals surface area contributed by atoms with Crippen molar-refractivity contribution in [2.45, 2.75) is 13.0 Å². The van der Waals surface area contributed by atoms with Gasteiger partial charge in [0.1, 0.15) is 6.61 Å². The zero-order chi connectivity index (χ0) is 28.8. The van der Waals surface area contributed by atoms with Crippen LogP contribution in [-0.2, 0) is 17.8 Å². The van der Waals surface area contributed by atoms with Gasteiger partial charge in [0, 0.05) is 15.7 Å². The van der Waals surface area contributed by atoms with E-state index in [1.165, 1.54) is 6.07 Å². The first kappa shape index (κ1) is 30.0. The fourth-order valence-electron chi connectivity index (χ4n) is 3.68. The minimum absolute atomic E-state index is 0.174. The van der Waals surface area contributed by atoms with Gasteiger partial charge in [-0.2, -0.15) is 5.01 Å². The molecule has 0 radical (unpaired) electrons. The Morgan fingerprint density at radius 2 is 1.90 bits per heavy atom. The highest BCUT2D eigenvalue weighted by Gasteiger charge is 2.34. The summed E-state index contributed by atoms with van der Waals surface area (Å²) in [5.41, 5.74) is 5.41. The van der Waals surface area contributed by atoms with E-state index in [-0.39, 0.29) is 9.34 Å². The molecule has 3 aromatic carbocycles. The van der Waals surface area contributed by atoms with E-state index in [1.54, 1.807) is 37.5 Å². The summed E-state index contributed by atoms with van der Waals surface area (Å²) in [6.45, 7) is 4.20. The monoisotopic (exact) mass is 677 g/mol. The molecule has 0 aliphatic carbocycles. The van der Waals surface area contributed by atoms with E-state index in [4.69, 9.17) is 44.9 Å². The molecule has 0 unspecified atom stereocenters. The SMILES string of the molecule is C=CCc1cc(/C=C2\SC(=S)N(NC(=O)Nc3ccc(Cl)c(Cl)c3)C2=O)cc(OC)c1OCc1ccc(Br)cc1. The van der Waals surface area contributed by atoms with Crippen LogP contribution < -0.4 is 20.2 Å². The summed E-state index contributed by atoms with van der Waals surface area (Å²) >= 11 is 21.8. The molecule has 1 fully saturated rings. The van der Waals surface area contributed by atoms with Crippen LogP contribution in [0.2, 0.25) is 10.0 Å². The number of thioether (sulfide) groups is 1. The van der Waals surface area contributed by atoms with Gasteiger partial charge in [-0.05, 0) is 78.3 Å². The number of hydrazine groups is 1. The van der Waals surface area contributed by atoms with Gasteiger partial charge in [-0.15, -0.1) is 6.58 Å². The summed E-state index contributed by atoms with van der Waals surface area (Å²) in [4.78, 5) is 26.0. The molecule has 1 aliphatic rings. The highest BCUT2D eigenvalue weighted by atomic mass is 79.9. The Morgan fingerprint density at radius 3 is 2.58 bits per heavy atom. The third kappa shape index (κ3) is 7.38. The lowest BCUT2D eigenvalue weighted by molar-refractivity contribution is -0.123. The number of halogens is 3. The van der Waals surface area contributed by atoms with Crippen molar-refractivity contribution in [3.05, 3.63) is 103 Å². The molecule has 40 heavy (non-hydrogen) atoms. The number of rotatable bonds is 9. The third-order valence-electron chi connectivity index (χ3n) is 5.52. The Hall–Kier alpha value is -3.02. The number of carbonyl (C=O) groups excluding carboxylic acids is 2. The number of carbonyl (C=O) groups is 2. The van der Waals surface area contributed by atoms with Crippen molar-refractivity contribution in [2.24, 2.45) is 0 Å². The highest BCUT2D eigenvalue weighted by Crippen LogP contribution is 2.37. The molecule has 0 bridgehead atoms. The zero-order valence-corrected chi connectivity index (χ0v) is 25.7. The maximum Gasteiger partial charge on any atom is 0.338 e. The Labute approximate surface area is 259 Å². The van der Waals surface area contributed by atoms with Gasteiger partial charge in [-0.1, -0.05) is 69.1 Å². The average Bonchev–Trinajstić information content (AvgIpc) is 3.18. The molecule has 0 aromatic heterocycles. The predicted octanol–water partition coefficient (Wildman–Crippen LogP) is 8.01. The number of nitrogens with one attached hydrogen (secondary N) is 2. The van der Waals surface area contributed by atoms with Crippen LogP contribution in [0.4, 0.5) is 10.5 Å². The van der Waals surface area contributed by atoms with E-state index in [2.05, 4.69) is 33.3 Å². The van der Waals surface area contributed by atoms with Crippen molar-refractivity contribution in [3.8, 4) is 11.5 Å². The molecule has 12 heteroatoms. The molecule has 0 spiro atoms. The van der Waals surface area contributed by atoms with Crippen LogP contribution in [-0.4, -0.2) is 28.4 Å². The summed E-state index contributed by atoms with van der Waals surface area (Å²) in [5, 5.41) is 4.24. The normalized spacial score (nSPS) is 13.9. The van der Waals surface area contributed by atoms with Crippen molar-refractivity contribution in [1.29, 1.82) is 0 Å². The minimum atomic E-state index is -0.668. The molecular formula is C28H22BrCl2N3O4S2. The third-order valence-corrected chi connectivity index (χ3v) is 8.09. The first-order chi connectivity index (χ1) is 19.2. The lowest BCUT2D eigenvalue weighted by Gasteiger charge is -2.17. The van der Waals surface area contributed by atoms with Gasteiger partial charge in [0.05, 0.1) is 22.1 Å². The fraction of sp³-hybridized carbons (Fsp3) is 0.107. The molecule has 1 aliphatic heterocycles. The molecule has 4 rings (SSSR count). The maximum absolute atomic E-state index is 13.1. The molecule has 1 heterocycles. The summed E-state index contributed by atoms with van der Waals surface area (Å²) in [6.07, 6.45) is 3.97. The zero-order valence-electron chi connectivity index (χ0n) is 21.0. The number of hydrogen-bond donors (Lipinski definition) is 2. The van der Waals surface area contributed by atoms with Gasteiger partial charge in [0.15, 0.2) is 15.8 Å². The number of methoxy groups -OCH3 is 1. The summed E-state index contributed by atoms with van der Waals surface area (Å²) in [7, 11) is 1.55. The molecular weight excluding hydrogens is 657 g/mol. The van der Waals surface area contributed by atoms with Gasteiger partial charge in [-0.3, -0.25) is 4.79 Å². The number of allylic oxidation sites excluding steroid dienone is 1. The van der Waals surface area contributed by atoms with E-state index >= 15 is 0 Å². The summed E-state index contributed by atoms with van der Waals surface area (Å²) in [5.74, 6) is 0.632. The van der Waals surface area contributed by atoms with E-state index in [9.17, 15) is 9.59 Å². The van der Waals surface area contributed by atoms with Crippen LogP contribution in [0.3, 0.4) is 0 Å². The highest BCUT2D eigenvalue weighted by molar-refractivity contribution is 9.10. The molecule has 3 aromatic rings. The average molecular weight is 679 g/mol. The molecule has 0 atom stereocenters. The van der Waals surface area contributed by atoms with E-state index in [0.29, 0.717) is 45.7 Å². The number of nitrogens with zero attached hydrogens (tertiary/aromatic N) is 1. The number of hydrogen-bond acceptors (Lipinski definition) is 6. The topological polar surface area (TPSA) is 79.9 Å². The maximum atomic E-state index is 13.1. The fourth-order valence-corrected chi connectivity index (χ4v) is 5.42. The van der Waals surface area contributed by atoms with Crippen molar-refractivity contribution in [3.63, 3.8) is 0 Å². The lowest BCUT2D eigenvalue weighted by atomic mass is 10.0. The van der Waals surface area contributed by atoms with Crippen molar-refractivity contribution < 1.29 is 19.1 Å². The first-order valence-electron chi connectivity index (χ1n) is 11.7. The largest absolute Gasteiger partial charge is 0.493 e. The molecule has 2 N–H and O–H groups in total. The second-order valence-corrected chi connectivity index (χ2v) is 11.7. The molecule has 1 saturated heterocycles. The summed E-state index contributed by atoms with van der Waals surface area (Å²) < 4.78 is 12.9. The number of ether oxygens (including phenoxy) is 2. The van der Waals surface area contributed by atoms with E-state index in [0.717, 1.165) is 32.4 Å². The van der Waals surface area contributed by atoms with Gasteiger partial charge in [-0.25, -0.2) is 10.2 Å². The number of amides is 3. The van der Waals surface area contributed by atoms with Gasteiger partial charge in [0.25, 0.3) is 5.91 Å². The molecule has 7 nitrogen and oxygen atoms in total. The van der Waals surface area contributed by atoms with Crippen LogP contribution >= 0.6 is 63.1 Å². The number of thiocarbonyl (C=S) groups is 1. The van der Waals surface area contributed by atoms with Crippen LogP contribution in [0.5, 0.6) is 11.5 Å². The van der Waals surface area contributed by atoms with E-state index < -0.39 is 11.9 Å². The number of benzene rings is 3. The van der Waals surface area contributed by atoms with Crippen LogP contribution in [0, 0.1) is 0 Å². The van der Waals surface area contributed by atoms with Gasteiger partial charge < -0.3 is 14.8 Å². The molecule has 3 amide bonds. The van der Waals surface area contributed by atoms with Crippen LogP contribution in [0.1, 0.15) is 16.7 Å². The van der Waals surface area contributed by atoms with Gasteiger partial charge >= 0.3 is 6.03 Å². The van der Waals surface area contributed by atoms with Gasteiger partial charge in [0.2, 0.25) is 0 Å². The second-order valence-electron chi connectivity index (χ2n) is 8.33. The Morgan fingerprint density at radius 1 is 1.15 bits per heavy atom. The Balaban J connectivity index is 1.51. The standard InChI is InChI=1S/C28H22BrCl2N3O4S2/c1-3-4-18-11-17(12-23(37-2)25(18)38-15-16-5-7-19(29)8-6-16)13-24-26(35)34(28(39)40-24)33-27(36)32-20-9-10-21(30)22(31)14-20/h3,5-14H,1,4,15H2,2H3,(H2,32,33,36)/b24-13-. The van der Waals surface area contributed by atoms with Crippen LogP contribution in [0.25, 0.3) is 6.08 Å². The smallest absolute Gasteiger partial charge is 0.338 e. The quantitative estimate of drug-likeness (QED) is 0.136. The minimum Gasteiger partial charge on any atom is -0.493 e.